The van der Waals surface area contributed by atoms with Gasteiger partial charge in [0, 0.05) is 24.2 Å². The van der Waals surface area contributed by atoms with Crippen LogP contribution >= 0.6 is 11.6 Å². The molecule has 0 aliphatic carbocycles. The van der Waals surface area contributed by atoms with E-state index in [1.54, 1.807) is 24.3 Å². The lowest BCUT2D eigenvalue weighted by Gasteiger charge is -2.20. The van der Waals surface area contributed by atoms with Gasteiger partial charge in [-0.1, -0.05) is 11.6 Å². The molecule has 0 aliphatic heterocycles. The Balaban J connectivity index is 1.85. The minimum Gasteiger partial charge on any atom is -0.493 e. The Morgan fingerprint density at radius 1 is 1.24 bits per heavy atom. The maximum Gasteiger partial charge on any atom is 0.277 e. The quantitative estimate of drug-likeness (QED) is 0.240. The van der Waals surface area contributed by atoms with Crippen molar-refractivity contribution in [3.63, 3.8) is 0 Å². The van der Waals surface area contributed by atoms with Crippen LogP contribution in [0.5, 0.6) is 5.75 Å². The number of ether oxygens (including phenoxy) is 1. The third kappa shape index (κ3) is 6.64. The summed E-state index contributed by atoms with van der Waals surface area (Å²) in [7, 11) is -3.49. The van der Waals surface area contributed by atoms with Crippen molar-refractivity contribution >= 4 is 38.9 Å². The Hall–Kier alpha value is -3.25. The highest BCUT2D eigenvalue weighted by Crippen LogP contribution is 2.30. The number of hydrogen-bond donors (Lipinski definition) is 4. The lowest BCUT2D eigenvalue weighted by molar-refractivity contribution is 0.102. The first-order valence-corrected chi connectivity index (χ1v) is 12.5. The Bertz CT molecular complexity index is 1250. The fourth-order valence-corrected chi connectivity index (χ4v) is 3.66. The van der Waals surface area contributed by atoms with E-state index in [9.17, 15) is 18.3 Å². The molecule has 3 aromatic rings. The molecule has 1 aromatic carbocycles. The number of aliphatic hydroxyl groups excluding tert-OH is 1. The smallest absolute Gasteiger partial charge is 0.277 e. The van der Waals surface area contributed by atoms with E-state index in [0.717, 1.165) is 6.26 Å². The van der Waals surface area contributed by atoms with Crippen molar-refractivity contribution in [2.45, 2.75) is 17.5 Å². The molecule has 10 nitrogen and oxygen atoms in total. The second-order valence-corrected chi connectivity index (χ2v) is 9.68. The highest BCUT2D eigenvalue weighted by molar-refractivity contribution is 7.90. The van der Waals surface area contributed by atoms with E-state index in [0.29, 0.717) is 18.0 Å². The molecule has 0 saturated carbocycles. The molecule has 0 saturated heterocycles. The number of aliphatic hydroxyl groups is 1. The molecular weight excluding hydrogens is 482 g/mol. The number of anilines is 2. The molecule has 0 radical (unpaired) electrons. The van der Waals surface area contributed by atoms with Gasteiger partial charge in [0.05, 0.1) is 22.2 Å². The number of sulfone groups is 1. The first-order valence-electron chi connectivity index (χ1n) is 10.2. The highest BCUT2D eigenvalue weighted by Gasteiger charge is 2.21. The maximum absolute atomic E-state index is 12.8. The van der Waals surface area contributed by atoms with E-state index in [4.69, 9.17) is 22.1 Å². The minimum absolute atomic E-state index is 0.0108. The topological polar surface area (TPSA) is 157 Å². The van der Waals surface area contributed by atoms with Crippen molar-refractivity contribution in [1.29, 1.82) is 0 Å². The number of amides is 1. The second kappa shape index (κ2) is 11.3. The zero-order chi connectivity index (χ0) is 24.7. The van der Waals surface area contributed by atoms with E-state index in [1.807, 2.05) is 0 Å². The number of rotatable bonds is 10. The molecule has 1 atom stereocenters. The number of carbonyl (C=O) groups excluding carboxylic acids is 1. The average Bonchev–Trinajstić information content (AvgIpc) is 2.80. The summed E-state index contributed by atoms with van der Waals surface area (Å²) in [5, 5.41) is 16.7. The summed E-state index contributed by atoms with van der Waals surface area (Å²) in [4.78, 5) is 20.9. The maximum atomic E-state index is 12.8. The third-order valence-corrected chi connectivity index (χ3v) is 5.93. The summed E-state index contributed by atoms with van der Waals surface area (Å²) in [6.45, 7) is 0.622. The predicted molar refractivity (Wildman–Crippen MR) is 129 cm³/mol. The minimum atomic E-state index is -3.49. The van der Waals surface area contributed by atoms with Crippen molar-refractivity contribution in [2.75, 3.05) is 30.0 Å². The zero-order valence-electron chi connectivity index (χ0n) is 18.2. The van der Waals surface area contributed by atoms with E-state index in [2.05, 4.69) is 20.6 Å². The standard InChI is InChI=1S/C22H24ClN5O5S/c1-34(31,32)15-6-7-16(18(12-15)33-11-3-9-24)21(29)27-17-4-2-10-25-20(17)22(30)28-19-8-5-14(23)13-26-19/h2,4-8,10,12-13,21,27,29H,3,9,11,24H2,1H3,(H,26,28,30). The Morgan fingerprint density at radius 2 is 2.03 bits per heavy atom. The predicted octanol–water partition coefficient (Wildman–Crippen LogP) is 2.62. The van der Waals surface area contributed by atoms with Crippen molar-refractivity contribution in [3.8, 4) is 5.75 Å². The number of nitrogens with two attached hydrogens (primary N) is 1. The number of halogens is 1. The van der Waals surface area contributed by atoms with Gasteiger partial charge in [0.2, 0.25) is 0 Å². The average molecular weight is 506 g/mol. The first-order chi connectivity index (χ1) is 16.2. The van der Waals surface area contributed by atoms with Crippen molar-refractivity contribution in [2.24, 2.45) is 5.73 Å². The molecule has 1 amide bonds. The lowest BCUT2D eigenvalue weighted by atomic mass is 10.1. The summed E-state index contributed by atoms with van der Waals surface area (Å²) >= 11 is 5.82. The van der Waals surface area contributed by atoms with E-state index in [1.165, 1.54) is 30.6 Å². The largest absolute Gasteiger partial charge is 0.493 e. The number of aromatic nitrogens is 2. The van der Waals surface area contributed by atoms with E-state index >= 15 is 0 Å². The molecule has 0 bridgehead atoms. The lowest BCUT2D eigenvalue weighted by Crippen LogP contribution is -2.19. The van der Waals surface area contributed by atoms with Crippen LogP contribution in [0.3, 0.4) is 0 Å². The third-order valence-electron chi connectivity index (χ3n) is 4.60. The van der Waals surface area contributed by atoms with Gasteiger partial charge in [-0.3, -0.25) is 4.79 Å². The summed E-state index contributed by atoms with van der Waals surface area (Å²) in [6, 6.07) is 10.4. The number of carbonyl (C=O) groups is 1. The number of nitrogens with one attached hydrogen (secondary N) is 2. The molecular formula is C22H24ClN5O5S. The van der Waals surface area contributed by atoms with Gasteiger partial charge in [-0.05, 0) is 55.4 Å². The van der Waals surface area contributed by atoms with Gasteiger partial charge in [0.1, 0.15) is 11.6 Å². The van der Waals surface area contributed by atoms with Crippen molar-refractivity contribution in [3.05, 3.63) is 71.1 Å². The van der Waals surface area contributed by atoms with Crippen LogP contribution < -0.4 is 21.1 Å². The zero-order valence-corrected chi connectivity index (χ0v) is 19.8. The van der Waals surface area contributed by atoms with Gasteiger partial charge in [0.25, 0.3) is 5.91 Å². The van der Waals surface area contributed by atoms with Gasteiger partial charge >= 0.3 is 0 Å². The molecule has 0 aliphatic rings. The summed E-state index contributed by atoms with van der Waals surface area (Å²) < 4.78 is 29.6. The normalized spacial score (nSPS) is 12.1. The molecule has 0 spiro atoms. The molecule has 3 rings (SSSR count). The van der Waals surface area contributed by atoms with Crippen LogP contribution in [0.15, 0.2) is 59.8 Å². The molecule has 1 unspecified atom stereocenters. The summed E-state index contributed by atoms with van der Waals surface area (Å²) in [5.41, 5.74) is 6.03. The van der Waals surface area contributed by atoms with Crippen LogP contribution in [-0.2, 0) is 9.84 Å². The molecule has 34 heavy (non-hydrogen) atoms. The number of pyridine rings is 2. The summed E-state index contributed by atoms with van der Waals surface area (Å²) in [6.07, 6.45) is 3.11. The Kier molecular flexibility index (Phi) is 8.40. The second-order valence-electron chi connectivity index (χ2n) is 7.22. The van der Waals surface area contributed by atoms with E-state index in [-0.39, 0.29) is 40.0 Å². The highest BCUT2D eigenvalue weighted by atomic mass is 35.5. The molecule has 12 heteroatoms. The Labute approximate surface area is 202 Å². The molecule has 2 aromatic heterocycles. The number of hydrogen-bond acceptors (Lipinski definition) is 9. The first kappa shape index (κ1) is 25.4. The van der Waals surface area contributed by atoms with Gasteiger partial charge in [-0.15, -0.1) is 0 Å². The van der Waals surface area contributed by atoms with Crippen LogP contribution in [0, 0.1) is 0 Å². The van der Waals surface area contributed by atoms with Gasteiger partial charge in [-0.25, -0.2) is 18.4 Å². The molecule has 180 valence electrons. The monoisotopic (exact) mass is 505 g/mol. The fourth-order valence-electron chi connectivity index (χ4n) is 2.91. The summed E-state index contributed by atoms with van der Waals surface area (Å²) in [5.74, 6) is -0.105. The van der Waals surface area contributed by atoms with Gasteiger partial charge in [0.15, 0.2) is 21.8 Å². The number of benzene rings is 1. The fraction of sp³-hybridized carbons (Fsp3) is 0.227. The molecule has 5 N–H and O–H groups in total. The van der Waals surface area contributed by atoms with Gasteiger partial charge in [-0.2, -0.15) is 0 Å². The van der Waals surface area contributed by atoms with Gasteiger partial charge < -0.3 is 26.2 Å². The van der Waals surface area contributed by atoms with Crippen molar-refractivity contribution < 1.29 is 23.1 Å². The van der Waals surface area contributed by atoms with Crippen LogP contribution in [0.25, 0.3) is 0 Å². The van der Waals surface area contributed by atoms with Crippen LogP contribution in [-0.4, -0.2) is 48.8 Å². The van der Waals surface area contributed by atoms with Crippen LogP contribution in [0.4, 0.5) is 11.5 Å². The van der Waals surface area contributed by atoms with Crippen LogP contribution in [0.1, 0.15) is 28.7 Å². The Morgan fingerprint density at radius 3 is 2.71 bits per heavy atom. The molecule has 2 heterocycles. The van der Waals surface area contributed by atoms with Crippen LogP contribution in [0.2, 0.25) is 5.02 Å². The number of nitrogens with zero attached hydrogens (tertiary/aromatic N) is 2. The SMILES string of the molecule is CS(=O)(=O)c1ccc(C(O)Nc2cccnc2C(=O)Nc2ccc(Cl)cn2)c(OCCCN)c1. The van der Waals surface area contributed by atoms with Crippen molar-refractivity contribution in [1.82, 2.24) is 9.97 Å². The molecule has 0 fully saturated rings. The van der Waals surface area contributed by atoms with E-state index < -0.39 is 22.0 Å².